The van der Waals surface area contributed by atoms with Crippen LogP contribution >= 0.6 is 0 Å². The van der Waals surface area contributed by atoms with Crippen molar-refractivity contribution in [1.29, 1.82) is 0 Å². The Kier molecular flexibility index (Phi) is 4.19. The molecule has 0 aliphatic heterocycles. The van der Waals surface area contributed by atoms with Crippen LogP contribution in [0.2, 0.25) is 0 Å². The lowest BCUT2D eigenvalue weighted by atomic mass is 9.81. The van der Waals surface area contributed by atoms with Crippen LogP contribution in [-0.4, -0.2) is 17.8 Å². The van der Waals surface area contributed by atoms with Crippen LogP contribution < -0.4 is 5.32 Å². The fourth-order valence-electron chi connectivity index (χ4n) is 2.76. The van der Waals surface area contributed by atoms with Gasteiger partial charge in [-0.1, -0.05) is 38.1 Å². The molecular weight excluding hydrogens is 210 g/mol. The lowest BCUT2D eigenvalue weighted by Gasteiger charge is -2.32. The highest BCUT2D eigenvalue weighted by molar-refractivity contribution is 5.34. The molecule has 1 aromatic carbocycles. The molecule has 17 heavy (non-hydrogen) atoms. The summed E-state index contributed by atoms with van der Waals surface area (Å²) in [6.07, 6.45) is 3.38. The first kappa shape index (κ1) is 12.6. The Balaban J connectivity index is 2.18. The summed E-state index contributed by atoms with van der Waals surface area (Å²) >= 11 is 0. The van der Waals surface area contributed by atoms with E-state index in [-0.39, 0.29) is 12.6 Å². The number of hydrogen-bond donors (Lipinski definition) is 2. The molecule has 0 bridgehead atoms. The van der Waals surface area contributed by atoms with E-state index in [1.165, 1.54) is 24.0 Å². The average molecular weight is 233 g/mol. The van der Waals surface area contributed by atoms with Crippen molar-refractivity contribution >= 4 is 0 Å². The lowest BCUT2D eigenvalue weighted by Crippen LogP contribution is -2.37. The van der Waals surface area contributed by atoms with E-state index in [0.717, 1.165) is 6.42 Å². The van der Waals surface area contributed by atoms with E-state index in [4.69, 9.17) is 0 Å². The monoisotopic (exact) mass is 233 g/mol. The zero-order valence-corrected chi connectivity index (χ0v) is 10.8. The van der Waals surface area contributed by atoms with E-state index in [9.17, 15) is 5.11 Å². The van der Waals surface area contributed by atoms with Crippen molar-refractivity contribution in [3.05, 3.63) is 35.4 Å². The van der Waals surface area contributed by atoms with E-state index in [1.807, 2.05) is 0 Å². The van der Waals surface area contributed by atoms with Crippen molar-refractivity contribution in [3.8, 4) is 0 Å². The molecule has 94 valence electrons. The highest BCUT2D eigenvalue weighted by Gasteiger charge is 2.25. The maximum atomic E-state index is 9.29. The van der Waals surface area contributed by atoms with Crippen LogP contribution in [-0.2, 0) is 0 Å². The quantitative estimate of drug-likeness (QED) is 0.838. The molecule has 2 N–H and O–H groups in total. The Bertz CT molecular complexity index is 360. The number of aliphatic hydroxyl groups excluding tert-OH is 1. The number of aliphatic hydroxyl groups is 1. The third kappa shape index (κ3) is 2.70. The molecule has 0 aromatic heterocycles. The van der Waals surface area contributed by atoms with Crippen molar-refractivity contribution in [3.63, 3.8) is 0 Å². The molecule has 1 aliphatic carbocycles. The van der Waals surface area contributed by atoms with Gasteiger partial charge in [0, 0.05) is 12.1 Å². The third-order valence-corrected chi connectivity index (χ3v) is 3.94. The molecule has 2 nitrogen and oxygen atoms in total. The summed E-state index contributed by atoms with van der Waals surface area (Å²) in [5.74, 6) is 0.665. The molecule has 0 heterocycles. The Hall–Kier alpha value is -0.860. The van der Waals surface area contributed by atoms with Crippen molar-refractivity contribution in [2.45, 2.75) is 51.1 Å². The summed E-state index contributed by atoms with van der Waals surface area (Å²) < 4.78 is 0. The van der Waals surface area contributed by atoms with E-state index < -0.39 is 0 Å². The summed E-state index contributed by atoms with van der Waals surface area (Å²) in [5.41, 5.74) is 2.90. The van der Waals surface area contributed by atoms with Gasteiger partial charge in [0.1, 0.15) is 0 Å². The molecule has 3 atom stereocenters. The van der Waals surface area contributed by atoms with Crippen molar-refractivity contribution in [1.82, 2.24) is 5.32 Å². The fraction of sp³-hybridized carbons (Fsp3) is 0.600. The second kappa shape index (κ2) is 5.65. The van der Waals surface area contributed by atoms with Crippen LogP contribution in [0.15, 0.2) is 24.3 Å². The smallest absolute Gasteiger partial charge is 0.0584 e. The predicted octanol–water partition coefficient (Wildman–Crippen LogP) is 2.99. The Morgan fingerprint density at radius 3 is 2.65 bits per heavy atom. The molecule has 0 radical (unpaired) electrons. The topological polar surface area (TPSA) is 32.3 Å². The Morgan fingerprint density at radius 1 is 1.29 bits per heavy atom. The first-order valence-corrected chi connectivity index (χ1v) is 6.72. The minimum absolute atomic E-state index is 0.224. The first-order chi connectivity index (χ1) is 8.26. The van der Waals surface area contributed by atoms with Crippen LogP contribution in [0, 0.1) is 0 Å². The third-order valence-electron chi connectivity index (χ3n) is 3.94. The largest absolute Gasteiger partial charge is 0.395 e. The molecule has 2 heteroatoms. The van der Waals surface area contributed by atoms with Gasteiger partial charge in [0.05, 0.1) is 6.61 Å². The normalized spacial score (nSPS) is 25.4. The second-order valence-electron chi connectivity index (χ2n) is 5.11. The minimum atomic E-state index is 0.224. The molecule has 0 saturated heterocycles. The predicted molar refractivity (Wildman–Crippen MR) is 71.1 cm³/mol. The van der Waals surface area contributed by atoms with Gasteiger partial charge in [0.25, 0.3) is 0 Å². The zero-order chi connectivity index (χ0) is 12.3. The van der Waals surface area contributed by atoms with Crippen LogP contribution in [0.5, 0.6) is 0 Å². The Morgan fingerprint density at radius 2 is 2.00 bits per heavy atom. The summed E-state index contributed by atoms with van der Waals surface area (Å²) in [6.45, 7) is 4.65. The molecule has 2 rings (SSSR count). The van der Waals surface area contributed by atoms with Gasteiger partial charge in [0.15, 0.2) is 0 Å². The number of fused-ring (bicyclic) bond motifs is 1. The van der Waals surface area contributed by atoms with E-state index >= 15 is 0 Å². The Labute approximate surface area is 104 Å². The van der Waals surface area contributed by atoms with E-state index in [2.05, 4.69) is 43.4 Å². The molecule has 0 amide bonds. The van der Waals surface area contributed by atoms with Gasteiger partial charge < -0.3 is 10.4 Å². The molecule has 0 spiro atoms. The molecule has 0 saturated carbocycles. The van der Waals surface area contributed by atoms with Gasteiger partial charge in [-0.25, -0.2) is 0 Å². The van der Waals surface area contributed by atoms with Gasteiger partial charge in [-0.05, 0) is 36.3 Å². The summed E-state index contributed by atoms with van der Waals surface area (Å²) in [7, 11) is 0. The van der Waals surface area contributed by atoms with Gasteiger partial charge in [0.2, 0.25) is 0 Å². The van der Waals surface area contributed by atoms with E-state index in [1.54, 1.807) is 0 Å². The molecule has 0 fully saturated rings. The highest BCUT2D eigenvalue weighted by atomic mass is 16.3. The molecule has 1 aromatic rings. The van der Waals surface area contributed by atoms with Crippen LogP contribution in [0.1, 0.15) is 56.2 Å². The van der Waals surface area contributed by atoms with E-state index in [0.29, 0.717) is 12.0 Å². The highest BCUT2D eigenvalue weighted by Crippen LogP contribution is 2.37. The average Bonchev–Trinajstić information content (AvgIpc) is 2.38. The van der Waals surface area contributed by atoms with Gasteiger partial charge in [-0.3, -0.25) is 0 Å². The zero-order valence-electron chi connectivity index (χ0n) is 10.8. The molecule has 2 unspecified atom stereocenters. The van der Waals surface area contributed by atoms with Gasteiger partial charge >= 0.3 is 0 Å². The minimum Gasteiger partial charge on any atom is -0.395 e. The van der Waals surface area contributed by atoms with Crippen molar-refractivity contribution in [2.75, 3.05) is 6.61 Å². The van der Waals surface area contributed by atoms with Gasteiger partial charge in [-0.2, -0.15) is 0 Å². The number of benzene rings is 1. The number of rotatable bonds is 4. The van der Waals surface area contributed by atoms with Crippen LogP contribution in [0.4, 0.5) is 0 Å². The lowest BCUT2D eigenvalue weighted by molar-refractivity contribution is 0.222. The SMILES string of the molecule is CC[C@H](CO)NC1CCC(C)c2ccccc21. The first-order valence-electron chi connectivity index (χ1n) is 6.72. The molecular formula is C15H23NO. The van der Waals surface area contributed by atoms with Crippen molar-refractivity contribution < 1.29 is 5.11 Å². The van der Waals surface area contributed by atoms with Crippen LogP contribution in [0.25, 0.3) is 0 Å². The summed E-state index contributed by atoms with van der Waals surface area (Å²) in [6, 6.07) is 9.36. The van der Waals surface area contributed by atoms with Crippen LogP contribution in [0.3, 0.4) is 0 Å². The number of hydrogen-bond acceptors (Lipinski definition) is 2. The standard InChI is InChI=1S/C15H23NO/c1-3-12(10-17)16-15-9-8-11(2)13-6-4-5-7-14(13)15/h4-7,11-12,15-17H,3,8-10H2,1-2H3/t11?,12-,15?/m1/s1. The summed E-state index contributed by atoms with van der Waals surface area (Å²) in [4.78, 5) is 0. The number of nitrogens with one attached hydrogen (secondary N) is 1. The van der Waals surface area contributed by atoms with Crippen molar-refractivity contribution in [2.24, 2.45) is 0 Å². The maximum Gasteiger partial charge on any atom is 0.0584 e. The maximum absolute atomic E-state index is 9.29. The second-order valence-corrected chi connectivity index (χ2v) is 5.11. The summed E-state index contributed by atoms with van der Waals surface area (Å²) in [5, 5.41) is 12.9. The van der Waals surface area contributed by atoms with Gasteiger partial charge in [-0.15, -0.1) is 0 Å². The molecule has 1 aliphatic rings. The fourth-order valence-corrected chi connectivity index (χ4v) is 2.76.